The minimum atomic E-state index is 0.142. The molecule has 0 bridgehead atoms. The quantitative estimate of drug-likeness (QED) is 0.704. The predicted molar refractivity (Wildman–Crippen MR) is 115 cm³/mol. The maximum atomic E-state index is 12.4. The van der Waals surface area contributed by atoms with Crippen LogP contribution in [-0.4, -0.2) is 60.5 Å². The summed E-state index contributed by atoms with van der Waals surface area (Å²) < 4.78 is 0. The summed E-state index contributed by atoms with van der Waals surface area (Å²) in [5, 5.41) is 3.47. The highest BCUT2D eigenvalue weighted by Crippen LogP contribution is 2.34. The largest absolute Gasteiger partial charge is 0.343 e. The van der Waals surface area contributed by atoms with Crippen LogP contribution in [0.25, 0.3) is 0 Å². The Morgan fingerprint density at radius 2 is 1.52 bits per heavy atom. The van der Waals surface area contributed by atoms with Gasteiger partial charge in [-0.2, -0.15) is 0 Å². The van der Waals surface area contributed by atoms with Gasteiger partial charge in [0, 0.05) is 31.6 Å². The van der Waals surface area contributed by atoms with Crippen molar-refractivity contribution in [2.75, 3.05) is 39.3 Å². The molecule has 0 aliphatic carbocycles. The molecule has 4 heteroatoms. The second-order valence-electron chi connectivity index (χ2n) is 11.0. The fourth-order valence-corrected chi connectivity index (χ4v) is 4.57. The van der Waals surface area contributed by atoms with Crippen LogP contribution in [0.1, 0.15) is 80.1 Å². The molecule has 2 fully saturated rings. The zero-order chi connectivity index (χ0) is 20.1. The molecule has 2 aliphatic heterocycles. The Morgan fingerprint density at radius 3 is 2.04 bits per heavy atom. The van der Waals surface area contributed by atoms with Crippen LogP contribution in [0, 0.1) is 17.3 Å². The number of hydrogen-bond acceptors (Lipinski definition) is 3. The van der Waals surface area contributed by atoms with Crippen molar-refractivity contribution in [2.45, 2.75) is 85.6 Å². The Labute approximate surface area is 168 Å². The van der Waals surface area contributed by atoms with Gasteiger partial charge in [0.15, 0.2) is 0 Å². The van der Waals surface area contributed by atoms with Crippen molar-refractivity contribution >= 4 is 5.91 Å². The lowest BCUT2D eigenvalue weighted by Gasteiger charge is -2.41. The van der Waals surface area contributed by atoms with Crippen LogP contribution in [0.4, 0.5) is 0 Å². The van der Waals surface area contributed by atoms with Gasteiger partial charge in [0.05, 0.1) is 0 Å². The van der Waals surface area contributed by atoms with Gasteiger partial charge in [-0.15, -0.1) is 0 Å². The highest BCUT2D eigenvalue weighted by molar-refractivity contribution is 5.76. The average Bonchev–Trinajstić information content (AvgIpc) is 2.58. The molecule has 0 atom stereocenters. The van der Waals surface area contributed by atoms with E-state index in [1.165, 1.54) is 45.3 Å². The summed E-state index contributed by atoms with van der Waals surface area (Å²) in [5.41, 5.74) is 0.600. The van der Waals surface area contributed by atoms with E-state index in [4.69, 9.17) is 0 Å². The van der Waals surface area contributed by atoms with Crippen LogP contribution in [0.5, 0.6) is 0 Å². The monoisotopic (exact) mass is 379 g/mol. The van der Waals surface area contributed by atoms with Crippen LogP contribution in [0.15, 0.2) is 0 Å². The summed E-state index contributed by atoms with van der Waals surface area (Å²) >= 11 is 0. The van der Waals surface area contributed by atoms with Gasteiger partial charge in [-0.25, -0.2) is 0 Å². The predicted octanol–water partition coefficient (Wildman–Crippen LogP) is 4.15. The van der Waals surface area contributed by atoms with E-state index in [1.807, 2.05) is 0 Å². The fourth-order valence-electron chi connectivity index (χ4n) is 4.57. The van der Waals surface area contributed by atoms with E-state index in [2.05, 4.69) is 56.7 Å². The first-order chi connectivity index (χ1) is 12.5. The van der Waals surface area contributed by atoms with Gasteiger partial charge in [-0.1, -0.05) is 20.8 Å². The summed E-state index contributed by atoms with van der Waals surface area (Å²) in [5.74, 6) is 2.01. The molecule has 2 rings (SSSR count). The molecule has 0 saturated carbocycles. The van der Waals surface area contributed by atoms with Gasteiger partial charge in [0.2, 0.25) is 5.91 Å². The number of nitrogens with zero attached hydrogens (tertiary/aromatic N) is 2. The van der Waals surface area contributed by atoms with Gasteiger partial charge >= 0.3 is 0 Å². The van der Waals surface area contributed by atoms with Gasteiger partial charge < -0.3 is 15.1 Å². The Balaban J connectivity index is 1.61. The Bertz CT molecular complexity index is 447. The van der Waals surface area contributed by atoms with Crippen molar-refractivity contribution in [1.29, 1.82) is 0 Å². The standard InChI is InChI=1S/C23H45N3O/c1-22(2,3)20-11-14-25(15-12-20)18-19-9-16-26(17-10-19)21(27)8-7-13-24-23(4,5)6/h19-20,24H,7-18H2,1-6H3. The zero-order valence-electron chi connectivity index (χ0n) is 18.9. The highest BCUT2D eigenvalue weighted by Gasteiger charge is 2.30. The molecule has 0 aromatic heterocycles. The van der Waals surface area contributed by atoms with Gasteiger partial charge in [0.25, 0.3) is 0 Å². The van der Waals surface area contributed by atoms with Crippen molar-refractivity contribution in [2.24, 2.45) is 17.3 Å². The SMILES string of the molecule is CC(C)(C)NCCCC(=O)N1CCC(CN2CCC(C(C)(C)C)CC2)CC1. The van der Waals surface area contributed by atoms with Crippen molar-refractivity contribution in [3.63, 3.8) is 0 Å². The van der Waals surface area contributed by atoms with Crippen molar-refractivity contribution in [1.82, 2.24) is 15.1 Å². The molecule has 2 saturated heterocycles. The summed E-state index contributed by atoms with van der Waals surface area (Å²) in [6, 6.07) is 0. The first-order valence-corrected chi connectivity index (χ1v) is 11.3. The minimum Gasteiger partial charge on any atom is -0.343 e. The van der Waals surface area contributed by atoms with Crippen molar-refractivity contribution < 1.29 is 4.79 Å². The number of amides is 1. The van der Waals surface area contributed by atoms with Gasteiger partial charge in [-0.3, -0.25) is 4.79 Å². The van der Waals surface area contributed by atoms with E-state index in [9.17, 15) is 4.79 Å². The summed E-state index contributed by atoms with van der Waals surface area (Å²) in [7, 11) is 0. The van der Waals surface area contributed by atoms with Crippen LogP contribution < -0.4 is 5.32 Å². The summed E-state index contributed by atoms with van der Waals surface area (Å²) in [6.07, 6.45) is 6.70. The Morgan fingerprint density at radius 1 is 0.926 bits per heavy atom. The normalized spacial score (nSPS) is 21.6. The summed E-state index contributed by atoms with van der Waals surface area (Å²) in [6.45, 7) is 20.3. The number of hydrogen-bond donors (Lipinski definition) is 1. The molecular formula is C23H45N3O. The summed E-state index contributed by atoms with van der Waals surface area (Å²) in [4.78, 5) is 17.2. The van der Waals surface area contributed by atoms with E-state index < -0.39 is 0 Å². The second kappa shape index (κ2) is 9.73. The minimum absolute atomic E-state index is 0.142. The van der Waals surface area contributed by atoms with E-state index in [0.717, 1.165) is 37.9 Å². The lowest BCUT2D eigenvalue weighted by Crippen LogP contribution is -2.44. The van der Waals surface area contributed by atoms with Crippen LogP contribution in [0.2, 0.25) is 0 Å². The first-order valence-electron chi connectivity index (χ1n) is 11.3. The molecule has 0 aromatic carbocycles. The highest BCUT2D eigenvalue weighted by atomic mass is 16.2. The average molecular weight is 380 g/mol. The third kappa shape index (κ3) is 8.11. The van der Waals surface area contributed by atoms with E-state index in [1.54, 1.807) is 0 Å². The van der Waals surface area contributed by atoms with Crippen LogP contribution >= 0.6 is 0 Å². The molecule has 27 heavy (non-hydrogen) atoms. The van der Waals surface area contributed by atoms with Crippen molar-refractivity contribution in [3.8, 4) is 0 Å². The first kappa shape index (κ1) is 22.7. The molecule has 158 valence electrons. The van der Waals surface area contributed by atoms with Gasteiger partial charge in [0.1, 0.15) is 0 Å². The molecule has 1 amide bonds. The number of rotatable bonds is 6. The topological polar surface area (TPSA) is 35.6 Å². The van der Waals surface area contributed by atoms with E-state index in [0.29, 0.717) is 17.7 Å². The van der Waals surface area contributed by atoms with Crippen molar-refractivity contribution in [3.05, 3.63) is 0 Å². The zero-order valence-corrected chi connectivity index (χ0v) is 18.9. The number of nitrogens with one attached hydrogen (secondary N) is 1. The number of piperidine rings is 2. The maximum Gasteiger partial charge on any atom is 0.222 e. The maximum absolute atomic E-state index is 12.4. The third-order valence-electron chi connectivity index (χ3n) is 6.52. The lowest BCUT2D eigenvalue weighted by molar-refractivity contribution is -0.132. The van der Waals surface area contributed by atoms with Gasteiger partial charge in [-0.05, 0) is 89.8 Å². The second-order valence-corrected chi connectivity index (χ2v) is 11.0. The molecule has 1 N–H and O–H groups in total. The lowest BCUT2D eigenvalue weighted by atomic mass is 9.75. The Hall–Kier alpha value is -0.610. The molecule has 2 heterocycles. The number of carbonyl (C=O) groups excluding carboxylic acids is 1. The molecule has 0 spiro atoms. The molecule has 0 radical (unpaired) electrons. The van der Waals surface area contributed by atoms with Crippen LogP contribution in [0.3, 0.4) is 0 Å². The Kier molecular flexibility index (Phi) is 8.18. The number of carbonyl (C=O) groups is 1. The third-order valence-corrected chi connectivity index (χ3v) is 6.52. The fraction of sp³-hybridized carbons (Fsp3) is 0.957. The van der Waals surface area contributed by atoms with Crippen LogP contribution in [-0.2, 0) is 4.79 Å². The molecule has 2 aliphatic rings. The molecule has 0 unspecified atom stereocenters. The molecule has 0 aromatic rings. The molecular weight excluding hydrogens is 334 g/mol. The smallest absolute Gasteiger partial charge is 0.222 e. The number of likely N-dealkylation sites (tertiary alicyclic amines) is 2. The van der Waals surface area contributed by atoms with E-state index in [-0.39, 0.29) is 5.54 Å². The van der Waals surface area contributed by atoms with E-state index >= 15 is 0 Å². The molecule has 4 nitrogen and oxygen atoms in total.